The van der Waals surface area contributed by atoms with Crippen molar-refractivity contribution in [2.45, 2.75) is 37.4 Å². The summed E-state index contributed by atoms with van der Waals surface area (Å²) in [7, 11) is 3.64. The molecule has 1 fully saturated rings. The van der Waals surface area contributed by atoms with Crippen LogP contribution >= 0.6 is 11.6 Å². The minimum atomic E-state index is -4.62. The summed E-state index contributed by atoms with van der Waals surface area (Å²) in [5, 5.41) is 7.09. The number of rotatable bonds is 9. The molecule has 2 unspecified atom stereocenters. The summed E-state index contributed by atoms with van der Waals surface area (Å²) in [4.78, 5) is 64.8. The molecule has 0 bridgehead atoms. The summed E-state index contributed by atoms with van der Waals surface area (Å²) in [6, 6.07) is 8.74. The van der Waals surface area contributed by atoms with Gasteiger partial charge in [-0.15, -0.1) is 0 Å². The highest BCUT2D eigenvalue weighted by molar-refractivity contribution is 6.31. The SMILES string of the molecule is CN(C)CC(CC(=O)Nc1ccc(C(F)(F)F)c(Cl)c1)c1cccc(NC2=CC(=O)N(C3CCC(=O)NC3=O)C2=O)c1. The van der Waals surface area contributed by atoms with Gasteiger partial charge in [-0.25, -0.2) is 0 Å². The number of nitrogens with zero attached hydrogens (tertiary/aromatic N) is 2. The maximum Gasteiger partial charge on any atom is 0.417 e. The highest BCUT2D eigenvalue weighted by Crippen LogP contribution is 2.36. The van der Waals surface area contributed by atoms with Crippen LogP contribution < -0.4 is 16.0 Å². The molecule has 14 heteroatoms. The fourth-order valence-electron chi connectivity index (χ4n) is 4.81. The number of carbonyl (C=O) groups is 5. The largest absolute Gasteiger partial charge is 0.417 e. The number of piperidine rings is 1. The Bertz CT molecular complexity index is 1480. The number of hydrogen-bond donors (Lipinski definition) is 3. The summed E-state index contributed by atoms with van der Waals surface area (Å²) >= 11 is 5.77. The number of benzene rings is 2. The Morgan fingerprint density at radius 2 is 1.86 bits per heavy atom. The highest BCUT2D eigenvalue weighted by atomic mass is 35.5. The number of halogens is 4. The van der Waals surface area contributed by atoms with Gasteiger partial charge in [0.1, 0.15) is 11.7 Å². The van der Waals surface area contributed by atoms with Crippen LogP contribution in [0.1, 0.15) is 36.3 Å². The molecule has 0 saturated carbocycles. The van der Waals surface area contributed by atoms with Crippen molar-refractivity contribution in [2.24, 2.45) is 0 Å². The van der Waals surface area contributed by atoms with Gasteiger partial charge in [-0.3, -0.25) is 34.2 Å². The van der Waals surface area contributed by atoms with Crippen LogP contribution in [0.5, 0.6) is 0 Å². The minimum absolute atomic E-state index is 0.00498. The lowest BCUT2D eigenvalue weighted by Crippen LogP contribution is -2.54. The molecule has 42 heavy (non-hydrogen) atoms. The molecule has 5 amide bonds. The summed E-state index contributed by atoms with van der Waals surface area (Å²) in [6.45, 7) is 0.439. The van der Waals surface area contributed by atoms with E-state index in [-0.39, 0.29) is 36.6 Å². The molecular formula is C28H27ClF3N5O5. The van der Waals surface area contributed by atoms with Gasteiger partial charge in [0, 0.05) is 42.8 Å². The number of nitrogens with one attached hydrogen (secondary N) is 3. The van der Waals surface area contributed by atoms with Gasteiger partial charge < -0.3 is 15.5 Å². The fraction of sp³-hybridized carbons (Fsp3) is 0.321. The second-order valence-corrected chi connectivity index (χ2v) is 10.6. The van der Waals surface area contributed by atoms with Gasteiger partial charge in [0.05, 0.1) is 10.6 Å². The summed E-state index contributed by atoms with van der Waals surface area (Å²) in [5.41, 5.74) is 0.226. The number of anilines is 2. The predicted molar refractivity (Wildman–Crippen MR) is 147 cm³/mol. The summed E-state index contributed by atoms with van der Waals surface area (Å²) in [5.74, 6) is -3.38. The van der Waals surface area contributed by atoms with Crippen molar-refractivity contribution < 1.29 is 37.1 Å². The first-order chi connectivity index (χ1) is 19.7. The smallest absolute Gasteiger partial charge is 0.351 e. The minimum Gasteiger partial charge on any atom is -0.351 e. The number of alkyl halides is 3. The first kappa shape index (κ1) is 30.7. The Balaban J connectivity index is 1.46. The second-order valence-electron chi connectivity index (χ2n) is 10.2. The van der Waals surface area contributed by atoms with Crippen LogP contribution in [0.4, 0.5) is 24.5 Å². The standard InChI is InChI=1S/C28H27ClF3N5O5/c1-36(2)14-16(11-24(39)34-18-6-7-19(20(29)12-18)28(30,31)32)15-4-3-5-17(10-15)33-21-13-25(40)37(27(21)42)22-8-9-23(38)35-26(22)41/h3-7,10,12-13,16,22,33H,8-9,11,14H2,1-2H3,(H,34,39)(H,35,38,41). The van der Waals surface area contributed by atoms with Crippen molar-refractivity contribution in [1.82, 2.24) is 15.1 Å². The molecule has 2 atom stereocenters. The maximum atomic E-state index is 13.0. The van der Waals surface area contributed by atoms with Gasteiger partial charge in [0.25, 0.3) is 11.8 Å². The summed E-state index contributed by atoms with van der Waals surface area (Å²) < 4.78 is 39.0. The normalized spacial score (nSPS) is 18.2. The van der Waals surface area contributed by atoms with Crippen molar-refractivity contribution in [3.8, 4) is 0 Å². The van der Waals surface area contributed by atoms with E-state index in [0.717, 1.165) is 29.2 Å². The van der Waals surface area contributed by atoms with E-state index in [9.17, 15) is 37.1 Å². The quantitative estimate of drug-likeness (QED) is 0.373. The lowest BCUT2D eigenvalue weighted by atomic mass is 9.94. The average molecular weight is 606 g/mol. The van der Waals surface area contributed by atoms with Crippen LogP contribution in [-0.2, 0) is 30.1 Å². The fourth-order valence-corrected chi connectivity index (χ4v) is 5.10. The van der Waals surface area contributed by atoms with Gasteiger partial charge in [0.15, 0.2) is 0 Å². The molecule has 2 heterocycles. The van der Waals surface area contributed by atoms with Crippen molar-refractivity contribution in [3.63, 3.8) is 0 Å². The molecule has 0 spiro atoms. The van der Waals surface area contributed by atoms with E-state index in [0.29, 0.717) is 17.8 Å². The first-order valence-electron chi connectivity index (χ1n) is 12.8. The molecular weight excluding hydrogens is 579 g/mol. The molecule has 2 aromatic carbocycles. The molecule has 10 nitrogen and oxygen atoms in total. The number of likely N-dealkylation sites (N-methyl/N-ethyl adjacent to an activating group) is 1. The van der Waals surface area contributed by atoms with Crippen LogP contribution in [-0.4, -0.2) is 66.0 Å². The van der Waals surface area contributed by atoms with E-state index in [1.807, 2.05) is 19.0 Å². The van der Waals surface area contributed by atoms with Crippen LogP contribution in [0.25, 0.3) is 0 Å². The highest BCUT2D eigenvalue weighted by Gasteiger charge is 2.42. The molecule has 2 aliphatic heterocycles. The average Bonchev–Trinajstić information content (AvgIpc) is 3.15. The Hall–Kier alpha value is -4.23. The van der Waals surface area contributed by atoms with Crippen LogP contribution in [0.3, 0.4) is 0 Å². The van der Waals surface area contributed by atoms with Crippen LogP contribution in [0.2, 0.25) is 5.02 Å². The third-order valence-electron chi connectivity index (χ3n) is 6.69. The van der Waals surface area contributed by atoms with Gasteiger partial charge in [-0.1, -0.05) is 23.7 Å². The Labute approximate surface area is 243 Å². The third-order valence-corrected chi connectivity index (χ3v) is 7.00. The number of amides is 5. The van der Waals surface area contributed by atoms with E-state index in [2.05, 4.69) is 16.0 Å². The third kappa shape index (κ3) is 7.15. The molecule has 2 aromatic rings. The van der Waals surface area contributed by atoms with Crippen LogP contribution in [0, 0.1) is 0 Å². The van der Waals surface area contributed by atoms with E-state index >= 15 is 0 Å². The number of carbonyl (C=O) groups excluding carboxylic acids is 5. The lowest BCUT2D eigenvalue weighted by molar-refractivity contribution is -0.149. The first-order valence-corrected chi connectivity index (χ1v) is 13.2. The van der Waals surface area contributed by atoms with Crippen molar-refractivity contribution in [2.75, 3.05) is 31.3 Å². The summed E-state index contributed by atoms with van der Waals surface area (Å²) in [6.07, 6.45) is -3.52. The molecule has 0 radical (unpaired) electrons. The van der Waals surface area contributed by atoms with E-state index in [1.165, 1.54) is 0 Å². The Morgan fingerprint density at radius 1 is 1.12 bits per heavy atom. The predicted octanol–water partition coefficient (Wildman–Crippen LogP) is 3.50. The van der Waals surface area contributed by atoms with Crippen LogP contribution in [0.15, 0.2) is 54.2 Å². The zero-order chi connectivity index (χ0) is 30.8. The zero-order valence-corrected chi connectivity index (χ0v) is 23.3. The van der Waals surface area contributed by atoms with E-state index in [1.54, 1.807) is 24.3 Å². The second kappa shape index (κ2) is 12.3. The van der Waals surface area contributed by atoms with Gasteiger partial charge in [0.2, 0.25) is 17.7 Å². The number of hydrogen-bond acceptors (Lipinski definition) is 7. The topological polar surface area (TPSA) is 128 Å². The van der Waals surface area contributed by atoms with E-state index < -0.39 is 52.3 Å². The molecule has 2 aliphatic rings. The Kier molecular flexibility index (Phi) is 9.02. The van der Waals surface area contributed by atoms with Crippen molar-refractivity contribution in [1.29, 1.82) is 0 Å². The van der Waals surface area contributed by atoms with Gasteiger partial charge in [-0.05, 0) is 56.4 Å². The monoisotopic (exact) mass is 605 g/mol. The lowest BCUT2D eigenvalue weighted by Gasteiger charge is -2.28. The van der Waals surface area contributed by atoms with Crippen molar-refractivity contribution >= 4 is 52.5 Å². The molecule has 0 aliphatic carbocycles. The number of imide groups is 2. The molecule has 3 N–H and O–H groups in total. The molecule has 1 saturated heterocycles. The van der Waals surface area contributed by atoms with Gasteiger partial charge in [-0.2, -0.15) is 13.2 Å². The molecule has 4 rings (SSSR count). The molecule has 222 valence electrons. The van der Waals surface area contributed by atoms with Crippen molar-refractivity contribution in [3.05, 3.63) is 70.4 Å². The Morgan fingerprint density at radius 3 is 2.50 bits per heavy atom. The zero-order valence-electron chi connectivity index (χ0n) is 22.5. The van der Waals surface area contributed by atoms with Gasteiger partial charge >= 0.3 is 6.18 Å². The van der Waals surface area contributed by atoms with E-state index in [4.69, 9.17) is 11.6 Å². The molecule has 0 aromatic heterocycles. The maximum absolute atomic E-state index is 13.0.